The van der Waals surface area contributed by atoms with Gasteiger partial charge in [-0.1, -0.05) is 28.1 Å². The van der Waals surface area contributed by atoms with Crippen LogP contribution in [0.2, 0.25) is 0 Å². The largest absolute Gasteiger partial charge is 0.381 e. The lowest BCUT2D eigenvalue weighted by atomic mass is 9.73. The lowest BCUT2D eigenvalue weighted by Crippen LogP contribution is -2.53. The molecule has 138 valence electrons. The predicted octanol–water partition coefficient (Wildman–Crippen LogP) is 3.06. The fourth-order valence-corrected chi connectivity index (χ4v) is 3.97. The van der Waals surface area contributed by atoms with Crippen LogP contribution >= 0.6 is 31.9 Å². The van der Waals surface area contributed by atoms with E-state index >= 15 is 0 Å². The van der Waals surface area contributed by atoms with Crippen molar-refractivity contribution in [1.29, 1.82) is 0 Å². The van der Waals surface area contributed by atoms with E-state index in [0.29, 0.717) is 31.7 Å². The highest BCUT2D eigenvalue weighted by Gasteiger charge is 2.42. The van der Waals surface area contributed by atoms with E-state index in [-0.39, 0.29) is 11.8 Å². The molecule has 6 nitrogen and oxygen atoms in total. The number of nitrogens with zero attached hydrogens (tertiary/aromatic N) is 1. The maximum atomic E-state index is 13.0. The van der Waals surface area contributed by atoms with Crippen molar-refractivity contribution in [2.24, 2.45) is 7.05 Å². The molecule has 1 aliphatic rings. The normalized spacial score (nSPS) is 16.1. The molecule has 1 aromatic carbocycles. The molecular weight excluding hydrogens is 466 g/mol. The fourth-order valence-electron chi connectivity index (χ4n) is 3.18. The van der Waals surface area contributed by atoms with Crippen molar-refractivity contribution in [3.8, 4) is 0 Å². The number of hydrazine groups is 1. The number of hydrogen-bond donors (Lipinski definition) is 2. The van der Waals surface area contributed by atoms with Crippen LogP contribution in [0.15, 0.2) is 45.5 Å². The monoisotopic (exact) mass is 483 g/mol. The quantitative estimate of drug-likeness (QED) is 0.657. The number of carbonyl (C=O) groups excluding carboxylic acids is 2. The number of carbonyl (C=O) groups is 2. The number of aromatic nitrogens is 1. The number of ether oxygens (including phenoxy) is 1. The molecule has 2 amide bonds. The fraction of sp³-hybridized carbons (Fsp3) is 0.333. The van der Waals surface area contributed by atoms with E-state index in [9.17, 15) is 9.59 Å². The number of rotatable bonds is 3. The third-order valence-corrected chi connectivity index (χ3v) is 5.63. The van der Waals surface area contributed by atoms with Crippen molar-refractivity contribution in [1.82, 2.24) is 15.4 Å². The second kappa shape index (κ2) is 7.94. The predicted molar refractivity (Wildman–Crippen MR) is 105 cm³/mol. The van der Waals surface area contributed by atoms with Crippen molar-refractivity contribution < 1.29 is 14.3 Å². The minimum absolute atomic E-state index is 0.232. The standard InChI is InChI=1S/C18H19Br2N3O3/c1-23-11-14(20)10-15(23)16(24)21-22-17(25)18(6-8-26-9-7-18)12-2-4-13(19)5-3-12/h2-5,10-11H,6-9H2,1H3,(H,21,24)(H,22,25). The second-order valence-electron chi connectivity index (χ2n) is 6.26. The van der Waals surface area contributed by atoms with Crippen molar-refractivity contribution in [3.05, 3.63) is 56.7 Å². The summed E-state index contributed by atoms with van der Waals surface area (Å²) in [6.45, 7) is 1.00. The maximum absolute atomic E-state index is 13.0. The molecule has 1 saturated heterocycles. The highest BCUT2D eigenvalue weighted by atomic mass is 79.9. The molecule has 2 aromatic rings. The summed E-state index contributed by atoms with van der Waals surface area (Å²) < 4.78 is 8.88. The first-order valence-electron chi connectivity index (χ1n) is 8.19. The zero-order chi connectivity index (χ0) is 18.7. The van der Waals surface area contributed by atoms with Crippen molar-refractivity contribution in [2.45, 2.75) is 18.3 Å². The summed E-state index contributed by atoms with van der Waals surface area (Å²) in [5.74, 6) is -0.602. The van der Waals surface area contributed by atoms with Crippen LogP contribution < -0.4 is 10.9 Å². The Labute approximate surface area is 168 Å². The topological polar surface area (TPSA) is 72.4 Å². The molecule has 0 unspecified atom stereocenters. The number of nitrogens with one attached hydrogen (secondary N) is 2. The van der Waals surface area contributed by atoms with Gasteiger partial charge < -0.3 is 9.30 Å². The maximum Gasteiger partial charge on any atom is 0.286 e. The Morgan fingerprint density at radius 3 is 2.31 bits per heavy atom. The zero-order valence-electron chi connectivity index (χ0n) is 14.2. The molecule has 8 heteroatoms. The van der Waals surface area contributed by atoms with Gasteiger partial charge in [0.2, 0.25) is 5.91 Å². The van der Waals surface area contributed by atoms with E-state index in [1.54, 1.807) is 23.9 Å². The summed E-state index contributed by atoms with van der Waals surface area (Å²) in [6.07, 6.45) is 2.90. The molecule has 0 atom stereocenters. The average Bonchev–Trinajstić information content (AvgIpc) is 2.98. The van der Waals surface area contributed by atoms with Crippen LogP contribution in [0.1, 0.15) is 28.9 Å². The van der Waals surface area contributed by atoms with Crippen LogP contribution in [0.5, 0.6) is 0 Å². The van der Waals surface area contributed by atoms with Gasteiger partial charge in [-0.2, -0.15) is 0 Å². The van der Waals surface area contributed by atoms with Crippen molar-refractivity contribution in [3.63, 3.8) is 0 Å². The Bertz CT molecular complexity index is 812. The van der Waals surface area contributed by atoms with Gasteiger partial charge in [-0.05, 0) is 52.5 Å². The highest BCUT2D eigenvalue weighted by molar-refractivity contribution is 9.10. The summed E-state index contributed by atoms with van der Waals surface area (Å²) in [5.41, 5.74) is 5.77. The molecular formula is C18H19Br2N3O3. The summed E-state index contributed by atoms with van der Waals surface area (Å²) in [4.78, 5) is 25.4. The minimum Gasteiger partial charge on any atom is -0.381 e. The molecule has 26 heavy (non-hydrogen) atoms. The average molecular weight is 485 g/mol. The number of aryl methyl sites for hydroxylation is 1. The van der Waals surface area contributed by atoms with Gasteiger partial charge >= 0.3 is 0 Å². The molecule has 0 aliphatic carbocycles. The smallest absolute Gasteiger partial charge is 0.286 e. The number of benzene rings is 1. The summed E-state index contributed by atoms with van der Waals surface area (Å²) in [5, 5.41) is 0. The van der Waals surface area contributed by atoms with Crippen molar-refractivity contribution in [2.75, 3.05) is 13.2 Å². The Morgan fingerprint density at radius 2 is 1.73 bits per heavy atom. The van der Waals surface area contributed by atoms with E-state index in [2.05, 4.69) is 42.7 Å². The molecule has 0 spiro atoms. The Morgan fingerprint density at radius 1 is 1.08 bits per heavy atom. The van der Waals surface area contributed by atoms with E-state index in [1.165, 1.54) is 0 Å². The zero-order valence-corrected chi connectivity index (χ0v) is 17.4. The molecule has 0 saturated carbocycles. The van der Waals surface area contributed by atoms with E-state index in [1.807, 2.05) is 24.3 Å². The third kappa shape index (κ3) is 3.87. The van der Waals surface area contributed by atoms with E-state index < -0.39 is 5.41 Å². The second-order valence-corrected chi connectivity index (χ2v) is 8.10. The first-order valence-corrected chi connectivity index (χ1v) is 9.77. The SMILES string of the molecule is Cn1cc(Br)cc1C(=O)NNC(=O)C1(c2ccc(Br)cc2)CCOCC1. The van der Waals surface area contributed by atoms with Gasteiger partial charge in [0.25, 0.3) is 5.91 Å². The van der Waals surface area contributed by atoms with E-state index in [0.717, 1.165) is 14.5 Å². The lowest BCUT2D eigenvalue weighted by molar-refractivity contribution is -0.131. The number of amides is 2. The Kier molecular flexibility index (Phi) is 5.84. The van der Waals surface area contributed by atoms with Gasteiger partial charge in [0, 0.05) is 35.4 Å². The summed E-state index contributed by atoms with van der Waals surface area (Å²) >= 11 is 6.75. The van der Waals surface area contributed by atoms with Crippen LogP contribution in [0.25, 0.3) is 0 Å². The first kappa shape index (κ1) is 19.1. The molecule has 2 N–H and O–H groups in total. The van der Waals surface area contributed by atoms with Crippen LogP contribution in [-0.2, 0) is 22.0 Å². The molecule has 1 aromatic heterocycles. The number of hydrogen-bond acceptors (Lipinski definition) is 3. The minimum atomic E-state index is -0.721. The summed E-state index contributed by atoms with van der Waals surface area (Å²) in [6, 6.07) is 9.40. The van der Waals surface area contributed by atoms with Gasteiger partial charge in [-0.3, -0.25) is 20.4 Å². The Balaban J connectivity index is 1.77. The van der Waals surface area contributed by atoms with Gasteiger partial charge in [0.1, 0.15) is 5.69 Å². The van der Waals surface area contributed by atoms with Gasteiger partial charge in [-0.25, -0.2) is 0 Å². The molecule has 1 aliphatic heterocycles. The highest BCUT2D eigenvalue weighted by Crippen LogP contribution is 2.35. The van der Waals surface area contributed by atoms with Crippen LogP contribution in [0.4, 0.5) is 0 Å². The third-order valence-electron chi connectivity index (χ3n) is 4.67. The van der Waals surface area contributed by atoms with Gasteiger partial charge in [0.15, 0.2) is 0 Å². The molecule has 0 bridgehead atoms. The van der Waals surface area contributed by atoms with Crippen molar-refractivity contribution >= 4 is 43.7 Å². The lowest BCUT2D eigenvalue weighted by Gasteiger charge is -2.36. The van der Waals surface area contributed by atoms with Gasteiger partial charge in [-0.15, -0.1) is 0 Å². The van der Waals surface area contributed by atoms with E-state index in [4.69, 9.17) is 4.74 Å². The summed E-state index contributed by atoms with van der Waals surface area (Å²) in [7, 11) is 1.77. The molecule has 3 rings (SSSR count). The van der Waals surface area contributed by atoms with Crippen LogP contribution in [0, 0.1) is 0 Å². The Hall–Kier alpha value is -1.64. The molecule has 2 heterocycles. The van der Waals surface area contributed by atoms with Crippen LogP contribution in [-0.4, -0.2) is 29.6 Å². The van der Waals surface area contributed by atoms with Crippen LogP contribution in [0.3, 0.4) is 0 Å². The first-order chi connectivity index (χ1) is 12.4. The molecule has 1 fully saturated rings. The van der Waals surface area contributed by atoms with Gasteiger partial charge in [0.05, 0.1) is 5.41 Å². The molecule has 0 radical (unpaired) electrons. The number of halogens is 2.